The molecule has 0 radical (unpaired) electrons. The molecule has 0 saturated carbocycles. The largest absolute Gasteiger partial charge is 0.497 e. The molecule has 3 aromatic carbocycles. The minimum absolute atomic E-state index is 0.312. The first-order chi connectivity index (χ1) is 14.5. The third kappa shape index (κ3) is 6.04. The van der Waals surface area contributed by atoms with E-state index in [4.69, 9.17) is 33.3 Å². The van der Waals surface area contributed by atoms with Crippen LogP contribution in [0, 0.1) is 0 Å². The van der Waals surface area contributed by atoms with Gasteiger partial charge in [-0.05, 0) is 72.9 Å². The zero-order valence-electron chi connectivity index (χ0n) is 16.0. The van der Waals surface area contributed by atoms with Gasteiger partial charge in [-0.15, -0.1) is 0 Å². The van der Waals surface area contributed by atoms with E-state index in [1.54, 1.807) is 49.6 Å². The van der Waals surface area contributed by atoms with Crippen molar-refractivity contribution in [3.05, 3.63) is 88.9 Å². The second-order valence-electron chi connectivity index (χ2n) is 5.99. The minimum atomic E-state index is -0.489. The number of thiocarbonyl (C=S) groups is 1. The quantitative estimate of drug-likeness (QED) is 0.187. The van der Waals surface area contributed by atoms with Gasteiger partial charge in [0.1, 0.15) is 11.5 Å². The summed E-state index contributed by atoms with van der Waals surface area (Å²) in [4.78, 5) is 12.3. The van der Waals surface area contributed by atoms with Crippen LogP contribution in [0.2, 0.25) is 5.02 Å². The van der Waals surface area contributed by atoms with E-state index in [0.717, 1.165) is 11.4 Å². The van der Waals surface area contributed by atoms with Gasteiger partial charge in [-0.2, -0.15) is 5.10 Å². The van der Waals surface area contributed by atoms with Gasteiger partial charge >= 0.3 is 5.97 Å². The number of methoxy groups -OCH3 is 1. The number of hydrazone groups is 1. The number of carbonyl (C=O) groups excluding carboxylic acids is 1. The summed E-state index contributed by atoms with van der Waals surface area (Å²) in [5, 5.41) is 7.98. The average molecular weight is 440 g/mol. The summed E-state index contributed by atoms with van der Waals surface area (Å²) < 4.78 is 10.6. The van der Waals surface area contributed by atoms with E-state index in [1.165, 1.54) is 6.21 Å². The number of halogens is 1. The number of para-hydroxylation sites is 1. The maximum Gasteiger partial charge on any atom is 0.343 e. The molecule has 0 unspecified atom stereocenters. The molecule has 30 heavy (non-hydrogen) atoms. The van der Waals surface area contributed by atoms with E-state index in [2.05, 4.69) is 15.8 Å². The van der Waals surface area contributed by atoms with E-state index >= 15 is 0 Å². The lowest BCUT2D eigenvalue weighted by atomic mass is 10.2. The molecular formula is C22H18ClN3O3S. The fraction of sp³-hybridized carbons (Fsp3) is 0.0455. The molecule has 3 rings (SSSR count). The molecule has 0 aliphatic carbocycles. The van der Waals surface area contributed by atoms with Crippen molar-refractivity contribution < 1.29 is 14.3 Å². The molecule has 0 heterocycles. The van der Waals surface area contributed by atoms with E-state index in [1.807, 2.05) is 30.3 Å². The summed E-state index contributed by atoms with van der Waals surface area (Å²) in [5.41, 5.74) is 4.53. The number of nitrogens with one attached hydrogen (secondary N) is 2. The van der Waals surface area contributed by atoms with Crippen LogP contribution < -0.4 is 20.2 Å². The highest BCUT2D eigenvalue weighted by Gasteiger charge is 2.10. The van der Waals surface area contributed by atoms with Crippen molar-refractivity contribution >= 4 is 46.8 Å². The second-order valence-corrected chi connectivity index (χ2v) is 6.83. The molecule has 0 spiro atoms. The number of benzene rings is 3. The number of hydrogen-bond donors (Lipinski definition) is 2. The van der Waals surface area contributed by atoms with E-state index in [-0.39, 0.29) is 0 Å². The molecule has 0 aromatic heterocycles. The Morgan fingerprint density at radius 3 is 2.43 bits per heavy atom. The molecule has 0 atom stereocenters. The van der Waals surface area contributed by atoms with Gasteiger partial charge in [-0.1, -0.05) is 23.7 Å². The summed E-state index contributed by atoms with van der Waals surface area (Å²) in [6, 6.07) is 20.8. The first-order valence-electron chi connectivity index (χ1n) is 8.86. The lowest BCUT2D eigenvalue weighted by Crippen LogP contribution is -2.23. The molecule has 6 nitrogen and oxygen atoms in total. The van der Waals surface area contributed by atoms with Gasteiger partial charge < -0.3 is 14.8 Å². The third-order valence-electron chi connectivity index (χ3n) is 3.92. The van der Waals surface area contributed by atoms with Crippen molar-refractivity contribution in [2.75, 3.05) is 12.4 Å². The van der Waals surface area contributed by atoms with Gasteiger partial charge in [0.2, 0.25) is 0 Å². The molecular weight excluding hydrogens is 422 g/mol. The Morgan fingerprint density at radius 2 is 1.73 bits per heavy atom. The summed E-state index contributed by atoms with van der Waals surface area (Å²) in [7, 11) is 1.61. The van der Waals surface area contributed by atoms with Gasteiger partial charge in [0, 0.05) is 16.3 Å². The van der Waals surface area contributed by atoms with Crippen LogP contribution in [0.3, 0.4) is 0 Å². The van der Waals surface area contributed by atoms with E-state index in [0.29, 0.717) is 27.0 Å². The Balaban J connectivity index is 1.60. The normalized spacial score (nSPS) is 10.5. The molecule has 0 saturated heterocycles. The van der Waals surface area contributed by atoms with E-state index < -0.39 is 5.97 Å². The SMILES string of the molecule is COc1ccc(NC(=S)N/N=C\c2ccccc2OC(=O)c2ccc(Cl)cc2)cc1. The molecule has 2 N–H and O–H groups in total. The van der Waals surface area contributed by atoms with Crippen LogP contribution in [0.25, 0.3) is 0 Å². The van der Waals surface area contributed by atoms with Crippen LogP contribution >= 0.6 is 23.8 Å². The van der Waals surface area contributed by atoms with Gasteiger partial charge in [0.05, 0.1) is 18.9 Å². The molecule has 0 amide bonds. The number of ether oxygens (including phenoxy) is 2. The molecule has 0 aliphatic heterocycles. The summed E-state index contributed by atoms with van der Waals surface area (Å²) in [5.74, 6) is 0.636. The van der Waals surface area contributed by atoms with E-state index in [9.17, 15) is 4.79 Å². The zero-order chi connectivity index (χ0) is 21.3. The van der Waals surface area contributed by atoms with Crippen LogP contribution in [0.5, 0.6) is 11.5 Å². The summed E-state index contributed by atoms with van der Waals surface area (Å²) in [6.45, 7) is 0. The summed E-state index contributed by atoms with van der Waals surface area (Å²) >= 11 is 11.1. The van der Waals surface area contributed by atoms with Crippen molar-refractivity contribution in [2.24, 2.45) is 5.10 Å². The maximum absolute atomic E-state index is 12.3. The van der Waals surface area contributed by atoms with Crippen molar-refractivity contribution in [1.82, 2.24) is 5.43 Å². The number of rotatable bonds is 6. The second kappa shape index (κ2) is 10.4. The fourth-order valence-electron chi connectivity index (χ4n) is 2.42. The zero-order valence-corrected chi connectivity index (χ0v) is 17.5. The number of carbonyl (C=O) groups is 1. The lowest BCUT2D eigenvalue weighted by molar-refractivity contribution is 0.0734. The predicted octanol–water partition coefficient (Wildman–Crippen LogP) is 4.89. The van der Waals surface area contributed by atoms with Crippen LogP contribution in [0.1, 0.15) is 15.9 Å². The minimum Gasteiger partial charge on any atom is -0.497 e. The fourth-order valence-corrected chi connectivity index (χ4v) is 2.72. The lowest BCUT2D eigenvalue weighted by Gasteiger charge is -2.09. The van der Waals surface area contributed by atoms with Gasteiger partial charge in [0.15, 0.2) is 5.11 Å². The highest BCUT2D eigenvalue weighted by Crippen LogP contribution is 2.19. The van der Waals surface area contributed by atoms with Crippen molar-refractivity contribution in [3.8, 4) is 11.5 Å². The number of anilines is 1. The molecule has 3 aromatic rings. The Kier molecular flexibility index (Phi) is 7.37. The number of nitrogens with zero attached hydrogens (tertiary/aromatic N) is 1. The van der Waals surface area contributed by atoms with Crippen LogP contribution in [0.15, 0.2) is 77.9 Å². The van der Waals surface area contributed by atoms with Gasteiger partial charge in [-0.25, -0.2) is 4.79 Å². The average Bonchev–Trinajstić information content (AvgIpc) is 2.76. The molecule has 0 aliphatic rings. The Labute approximate surface area is 184 Å². The van der Waals surface area contributed by atoms with Crippen molar-refractivity contribution in [3.63, 3.8) is 0 Å². The monoisotopic (exact) mass is 439 g/mol. The number of esters is 1. The van der Waals surface area contributed by atoms with Gasteiger partial charge in [-0.3, -0.25) is 5.43 Å². The van der Waals surface area contributed by atoms with Crippen molar-refractivity contribution in [1.29, 1.82) is 0 Å². The molecule has 0 bridgehead atoms. The molecule has 152 valence electrons. The first-order valence-corrected chi connectivity index (χ1v) is 9.64. The Hall–Kier alpha value is -3.42. The molecule has 0 fully saturated rings. The van der Waals surface area contributed by atoms with Crippen molar-refractivity contribution in [2.45, 2.75) is 0 Å². The maximum atomic E-state index is 12.3. The van der Waals surface area contributed by atoms with Gasteiger partial charge in [0.25, 0.3) is 0 Å². The first kappa shape index (κ1) is 21.3. The number of hydrogen-bond acceptors (Lipinski definition) is 5. The topological polar surface area (TPSA) is 71.9 Å². The third-order valence-corrected chi connectivity index (χ3v) is 4.36. The van der Waals surface area contributed by atoms with Crippen LogP contribution in [-0.2, 0) is 0 Å². The van der Waals surface area contributed by atoms with Crippen LogP contribution in [0.4, 0.5) is 5.69 Å². The van der Waals surface area contributed by atoms with Crippen LogP contribution in [-0.4, -0.2) is 24.4 Å². The smallest absolute Gasteiger partial charge is 0.343 e. The highest BCUT2D eigenvalue weighted by atomic mass is 35.5. The molecule has 8 heteroatoms. The Morgan fingerprint density at radius 1 is 1.03 bits per heavy atom. The predicted molar refractivity (Wildman–Crippen MR) is 123 cm³/mol. The summed E-state index contributed by atoms with van der Waals surface area (Å²) in [6.07, 6.45) is 1.52. The highest BCUT2D eigenvalue weighted by molar-refractivity contribution is 7.80. The Bertz CT molecular complexity index is 1050. The standard InChI is InChI=1S/C22H18ClN3O3S/c1-28-19-12-10-18(11-13-19)25-22(30)26-24-14-16-4-2-3-5-20(16)29-21(27)15-6-8-17(23)9-7-15/h2-14H,1H3,(H2,25,26,30)/b24-14-.